The van der Waals surface area contributed by atoms with E-state index in [1.165, 1.54) is 38.5 Å². The number of amides is 1. The van der Waals surface area contributed by atoms with Crippen LogP contribution in [0, 0.1) is 0 Å². The molecule has 0 spiro atoms. The molecule has 2 aliphatic rings. The van der Waals surface area contributed by atoms with Crippen LogP contribution >= 0.6 is 0 Å². The third-order valence-corrected chi connectivity index (χ3v) is 3.80. The summed E-state index contributed by atoms with van der Waals surface area (Å²) < 4.78 is 0. The zero-order valence-corrected chi connectivity index (χ0v) is 10.0. The van der Waals surface area contributed by atoms with Gasteiger partial charge in [0.25, 0.3) is 5.91 Å². The first-order valence-corrected chi connectivity index (χ1v) is 6.59. The fourth-order valence-corrected chi connectivity index (χ4v) is 2.80. The van der Waals surface area contributed by atoms with E-state index in [9.17, 15) is 4.79 Å². The average molecular weight is 230 g/mol. The van der Waals surface area contributed by atoms with Crippen LogP contribution in [0.5, 0.6) is 0 Å². The number of nitrogens with zero attached hydrogens (tertiary/aromatic N) is 2. The van der Waals surface area contributed by atoms with E-state index in [0.717, 1.165) is 5.56 Å². The van der Waals surface area contributed by atoms with E-state index in [4.69, 9.17) is 0 Å². The molecule has 90 valence electrons. The van der Waals surface area contributed by atoms with Gasteiger partial charge >= 0.3 is 0 Å². The van der Waals surface area contributed by atoms with Crippen LogP contribution in [0.1, 0.15) is 48.9 Å². The van der Waals surface area contributed by atoms with Crippen molar-refractivity contribution in [2.24, 2.45) is 0 Å². The van der Waals surface area contributed by atoms with Gasteiger partial charge in [-0.05, 0) is 37.8 Å². The van der Waals surface area contributed by atoms with Gasteiger partial charge in [0.2, 0.25) is 0 Å². The molecule has 0 radical (unpaired) electrons. The van der Waals surface area contributed by atoms with Crippen LogP contribution in [0.3, 0.4) is 0 Å². The van der Waals surface area contributed by atoms with Crippen LogP contribution in [0.15, 0.2) is 24.5 Å². The number of hydrogen-bond acceptors (Lipinski definition) is 2. The third kappa shape index (κ3) is 2.19. The molecule has 1 amide bonds. The molecule has 3 nitrogen and oxygen atoms in total. The Kier molecular flexibility index (Phi) is 2.83. The van der Waals surface area contributed by atoms with Gasteiger partial charge in [0, 0.05) is 24.5 Å². The lowest BCUT2D eigenvalue weighted by Gasteiger charge is -2.29. The summed E-state index contributed by atoms with van der Waals surface area (Å²) in [6.45, 7) is 0. The fourth-order valence-electron chi connectivity index (χ4n) is 2.80. The number of carbonyl (C=O) groups excluding carboxylic acids is 1. The second-order valence-electron chi connectivity index (χ2n) is 5.12. The molecule has 3 heteroatoms. The maximum atomic E-state index is 12.5. The van der Waals surface area contributed by atoms with Crippen LogP contribution in [-0.4, -0.2) is 27.9 Å². The van der Waals surface area contributed by atoms with Crippen LogP contribution < -0.4 is 0 Å². The van der Waals surface area contributed by atoms with E-state index in [2.05, 4.69) is 9.88 Å². The highest BCUT2D eigenvalue weighted by Gasteiger charge is 2.38. The summed E-state index contributed by atoms with van der Waals surface area (Å²) in [7, 11) is 0. The minimum absolute atomic E-state index is 0.188. The van der Waals surface area contributed by atoms with E-state index in [0.29, 0.717) is 12.1 Å². The van der Waals surface area contributed by atoms with Crippen LogP contribution in [0.2, 0.25) is 0 Å². The number of rotatable bonds is 3. The van der Waals surface area contributed by atoms with Crippen molar-refractivity contribution in [2.45, 2.75) is 50.6 Å². The van der Waals surface area contributed by atoms with Crippen LogP contribution in [0.4, 0.5) is 0 Å². The largest absolute Gasteiger partial charge is 0.333 e. The highest BCUT2D eigenvalue weighted by Crippen LogP contribution is 2.35. The molecule has 0 unspecified atom stereocenters. The number of aromatic nitrogens is 1. The number of hydrogen-bond donors (Lipinski definition) is 0. The van der Waals surface area contributed by atoms with Gasteiger partial charge in [-0.15, -0.1) is 0 Å². The molecule has 2 aliphatic carbocycles. The standard InChI is InChI=1S/C14H18N2O/c17-14(11-4-3-9-15-10-11)16(13-7-8-13)12-5-1-2-6-12/h3-4,9-10,12-13H,1-2,5-8H2. The minimum Gasteiger partial charge on any atom is -0.333 e. The molecule has 1 aromatic heterocycles. The van der Waals surface area contributed by atoms with Crippen molar-refractivity contribution in [3.05, 3.63) is 30.1 Å². The normalized spacial score (nSPS) is 20.5. The lowest BCUT2D eigenvalue weighted by Crippen LogP contribution is -2.40. The van der Waals surface area contributed by atoms with Gasteiger partial charge in [0.1, 0.15) is 0 Å². The Labute approximate surface area is 102 Å². The Hall–Kier alpha value is -1.38. The van der Waals surface area contributed by atoms with Gasteiger partial charge in [-0.3, -0.25) is 9.78 Å². The minimum atomic E-state index is 0.188. The Morgan fingerprint density at radius 2 is 1.88 bits per heavy atom. The molecular formula is C14H18N2O. The van der Waals surface area contributed by atoms with Crippen molar-refractivity contribution >= 4 is 5.91 Å². The molecule has 17 heavy (non-hydrogen) atoms. The molecular weight excluding hydrogens is 212 g/mol. The van der Waals surface area contributed by atoms with Gasteiger partial charge in [0.15, 0.2) is 0 Å². The van der Waals surface area contributed by atoms with Gasteiger partial charge in [0.05, 0.1) is 5.56 Å². The molecule has 2 saturated carbocycles. The summed E-state index contributed by atoms with van der Waals surface area (Å²) in [6.07, 6.45) is 10.7. The smallest absolute Gasteiger partial charge is 0.255 e. The van der Waals surface area contributed by atoms with Crippen LogP contribution in [0.25, 0.3) is 0 Å². The Morgan fingerprint density at radius 3 is 2.47 bits per heavy atom. The van der Waals surface area contributed by atoms with Crippen molar-refractivity contribution < 1.29 is 4.79 Å². The Morgan fingerprint density at radius 1 is 1.18 bits per heavy atom. The molecule has 3 rings (SSSR count). The third-order valence-electron chi connectivity index (χ3n) is 3.80. The molecule has 0 bridgehead atoms. The van der Waals surface area contributed by atoms with Gasteiger partial charge in [-0.25, -0.2) is 0 Å². The lowest BCUT2D eigenvalue weighted by molar-refractivity contribution is 0.0664. The van der Waals surface area contributed by atoms with Crippen molar-refractivity contribution in [1.82, 2.24) is 9.88 Å². The van der Waals surface area contributed by atoms with Crippen LogP contribution in [-0.2, 0) is 0 Å². The van der Waals surface area contributed by atoms with Gasteiger partial charge in [-0.1, -0.05) is 12.8 Å². The summed E-state index contributed by atoms with van der Waals surface area (Å²) >= 11 is 0. The second-order valence-corrected chi connectivity index (χ2v) is 5.12. The van der Waals surface area contributed by atoms with Gasteiger partial charge in [-0.2, -0.15) is 0 Å². The first kappa shape index (κ1) is 10.8. The summed E-state index contributed by atoms with van der Waals surface area (Å²) in [5, 5.41) is 0. The summed E-state index contributed by atoms with van der Waals surface area (Å²) in [5.41, 5.74) is 0.742. The van der Waals surface area contributed by atoms with E-state index < -0.39 is 0 Å². The quantitative estimate of drug-likeness (QED) is 0.799. The Balaban J connectivity index is 1.81. The molecule has 0 atom stereocenters. The first-order chi connectivity index (χ1) is 8.36. The zero-order chi connectivity index (χ0) is 11.7. The summed E-state index contributed by atoms with van der Waals surface area (Å²) in [6, 6.07) is 4.70. The summed E-state index contributed by atoms with van der Waals surface area (Å²) in [5.74, 6) is 0.188. The SMILES string of the molecule is O=C(c1cccnc1)N(C1CCCC1)C1CC1. The van der Waals surface area contributed by atoms with Crippen molar-refractivity contribution in [3.63, 3.8) is 0 Å². The van der Waals surface area contributed by atoms with E-state index in [-0.39, 0.29) is 5.91 Å². The lowest BCUT2D eigenvalue weighted by atomic mass is 10.1. The maximum absolute atomic E-state index is 12.5. The molecule has 1 heterocycles. The van der Waals surface area contributed by atoms with E-state index in [1.807, 2.05) is 12.1 Å². The highest BCUT2D eigenvalue weighted by molar-refractivity contribution is 5.94. The fraction of sp³-hybridized carbons (Fsp3) is 0.571. The predicted octanol–water partition coefficient (Wildman–Crippen LogP) is 2.63. The monoisotopic (exact) mass is 230 g/mol. The van der Waals surface area contributed by atoms with Crippen molar-refractivity contribution in [2.75, 3.05) is 0 Å². The molecule has 0 saturated heterocycles. The first-order valence-electron chi connectivity index (χ1n) is 6.59. The molecule has 1 aromatic rings. The van der Waals surface area contributed by atoms with E-state index >= 15 is 0 Å². The number of pyridine rings is 1. The molecule has 0 aromatic carbocycles. The van der Waals surface area contributed by atoms with Crippen molar-refractivity contribution in [1.29, 1.82) is 0 Å². The van der Waals surface area contributed by atoms with E-state index in [1.54, 1.807) is 12.4 Å². The molecule has 2 fully saturated rings. The predicted molar refractivity (Wildman–Crippen MR) is 65.7 cm³/mol. The topological polar surface area (TPSA) is 33.2 Å². The molecule has 0 N–H and O–H groups in total. The second kappa shape index (κ2) is 4.47. The number of carbonyl (C=O) groups is 1. The summed E-state index contributed by atoms with van der Waals surface area (Å²) in [4.78, 5) is 18.7. The zero-order valence-electron chi connectivity index (χ0n) is 10.0. The highest BCUT2D eigenvalue weighted by atomic mass is 16.2. The average Bonchev–Trinajstić information content (AvgIpc) is 3.05. The van der Waals surface area contributed by atoms with Crippen molar-refractivity contribution in [3.8, 4) is 0 Å². The maximum Gasteiger partial charge on any atom is 0.255 e. The molecule has 0 aliphatic heterocycles. The Bertz CT molecular complexity index is 394. The van der Waals surface area contributed by atoms with Gasteiger partial charge < -0.3 is 4.90 Å².